The third-order valence-corrected chi connectivity index (χ3v) is 2.29. The number of nitrogens with two attached hydrogens (primary N) is 1. The van der Waals surface area contributed by atoms with Gasteiger partial charge in [0.2, 0.25) is 11.8 Å². The van der Waals surface area contributed by atoms with E-state index in [4.69, 9.17) is 10.8 Å². The van der Waals surface area contributed by atoms with E-state index in [0.717, 1.165) is 12.8 Å². The number of hydrogen-bond donors (Lipinski definition) is 2. The topological polar surface area (TPSA) is 83.6 Å². The molecule has 0 aromatic heterocycles. The van der Waals surface area contributed by atoms with Gasteiger partial charge in [0, 0.05) is 6.54 Å². The standard InChI is InChI=1S/C8H14N2O3/c9-8(13)6-3-1-2-4-10(6)7(12)5-11/h6,11H,1-5H2,(H2,9,13). The van der Waals surface area contributed by atoms with Gasteiger partial charge in [-0.3, -0.25) is 9.59 Å². The number of aliphatic hydroxyl groups is 1. The van der Waals surface area contributed by atoms with Crippen LogP contribution in [-0.2, 0) is 9.59 Å². The molecule has 0 saturated carbocycles. The molecule has 1 atom stereocenters. The van der Waals surface area contributed by atoms with E-state index in [-0.39, 0.29) is 0 Å². The van der Waals surface area contributed by atoms with Gasteiger partial charge in [-0.15, -0.1) is 0 Å². The number of likely N-dealkylation sites (tertiary alicyclic amines) is 1. The Morgan fingerprint density at radius 2 is 2.15 bits per heavy atom. The number of hydrogen-bond acceptors (Lipinski definition) is 3. The van der Waals surface area contributed by atoms with Crippen LogP contribution in [0.25, 0.3) is 0 Å². The molecule has 13 heavy (non-hydrogen) atoms. The first kappa shape index (κ1) is 9.98. The minimum atomic E-state index is -0.552. The molecule has 0 aromatic carbocycles. The van der Waals surface area contributed by atoms with Gasteiger partial charge in [0.05, 0.1) is 0 Å². The Balaban J connectivity index is 2.67. The van der Waals surface area contributed by atoms with Gasteiger partial charge in [-0.1, -0.05) is 0 Å². The maximum absolute atomic E-state index is 11.1. The van der Waals surface area contributed by atoms with E-state index in [2.05, 4.69) is 0 Å². The fourth-order valence-corrected chi connectivity index (χ4v) is 1.62. The van der Waals surface area contributed by atoms with Gasteiger partial charge in [0.15, 0.2) is 0 Å². The van der Waals surface area contributed by atoms with Crippen LogP contribution in [-0.4, -0.2) is 41.0 Å². The number of carbonyl (C=O) groups is 2. The summed E-state index contributed by atoms with van der Waals surface area (Å²) in [5.41, 5.74) is 5.14. The lowest BCUT2D eigenvalue weighted by Crippen LogP contribution is -2.51. The van der Waals surface area contributed by atoms with Gasteiger partial charge >= 0.3 is 0 Å². The summed E-state index contributed by atoms with van der Waals surface area (Å²) >= 11 is 0. The molecule has 1 aliphatic rings. The molecule has 1 unspecified atom stereocenters. The first-order valence-corrected chi connectivity index (χ1v) is 4.36. The Kier molecular flexibility index (Phi) is 3.25. The summed E-state index contributed by atoms with van der Waals surface area (Å²) in [6, 6.07) is -0.520. The largest absolute Gasteiger partial charge is 0.387 e. The highest BCUT2D eigenvalue weighted by Crippen LogP contribution is 2.16. The molecule has 2 amide bonds. The summed E-state index contributed by atoms with van der Waals surface area (Å²) in [5, 5.41) is 8.64. The fourth-order valence-electron chi connectivity index (χ4n) is 1.62. The molecule has 0 aliphatic carbocycles. The number of carbonyl (C=O) groups excluding carboxylic acids is 2. The highest BCUT2D eigenvalue weighted by Gasteiger charge is 2.29. The average molecular weight is 186 g/mol. The molecule has 74 valence electrons. The van der Waals surface area contributed by atoms with E-state index < -0.39 is 24.5 Å². The summed E-state index contributed by atoms with van der Waals surface area (Å²) in [6.07, 6.45) is 2.39. The van der Waals surface area contributed by atoms with Crippen LogP contribution in [0.5, 0.6) is 0 Å². The fraction of sp³-hybridized carbons (Fsp3) is 0.750. The zero-order valence-electron chi connectivity index (χ0n) is 7.40. The van der Waals surface area contributed by atoms with E-state index in [1.165, 1.54) is 4.90 Å². The minimum Gasteiger partial charge on any atom is -0.387 e. The molecule has 1 rings (SSSR count). The second-order valence-corrected chi connectivity index (χ2v) is 3.16. The Bertz CT molecular complexity index is 217. The molecular weight excluding hydrogens is 172 g/mol. The Morgan fingerprint density at radius 3 is 2.69 bits per heavy atom. The van der Waals surface area contributed by atoms with Crippen LogP contribution >= 0.6 is 0 Å². The summed E-state index contributed by atoms with van der Waals surface area (Å²) in [5.74, 6) is -0.898. The van der Waals surface area contributed by atoms with Crippen LogP contribution in [0.2, 0.25) is 0 Å². The lowest BCUT2D eigenvalue weighted by atomic mass is 10.0. The summed E-state index contributed by atoms with van der Waals surface area (Å²) in [4.78, 5) is 23.4. The maximum Gasteiger partial charge on any atom is 0.248 e. The number of nitrogens with zero attached hydrogens (tertiary/aromatic N) is 1. The molecule has 0 spiro atoms. The second kappa shape index (κ2) is 4.23. The molecular formula is C8H14N2O3. The Morgan fingerprint density at radius 1 is 1.46 bits per heavy atom. The first-order valence-electron chi connectivity index (χ1n) is 4.36. The minimum absolute atomic E-state index is 0.413. The Labute approximate surface area is 76.5 Å². The molecule has 3 N–H and O–H groups in total. The van der Waals surface area contributed by atoms with E-state index >= 15 is 0 Å². The van der Waals surface area contributed by atoms with Gasteiger partial charge in [-0.2, -0.15) is 0 Å². The van der Waals surface area contributed by atoms with Gasteiger partial charge < -0.3 is 15.7 Å². The number of piperidine rings is 1. The molecule has 5 heteroatoms. The smallest absolute Gasteiger partial charge is 0.248 e. The number of amides is 2. The van der Waals surface area contributed by atoms with E-state index in [1.807, 2.05) is 0 Å². The van der Waals surface area contributed by atoms with Crippen molar-refractivity contribution in [1.82, 2.24) is 4.90 Å². The molecule has 0 aromatic rings. The molecule has 1 saturated heterocycles. The third kappa shape index (κ3) is 2.18. The van der Waals surface area contributed by atoms with Gasteiger partial charge in [0.25, 0.3) is 0 Å². The van der Waals surface area contributed by atoms with Gasteiger partial charge in [0.1, 0.15) is 12.6 Å². The van der Waals surface area contributed by atoms with Crippen molar-refractivity contribution in [2.24, 2.45) is 5.73 Å². The average Bonchev–Trinajstić information content (AvgIpc) is 2.16. The second-order valence-electron chi connectivity index (χ2n) is 3.16. The highest BCUT2D eigenvalue weighted by atomic mass is 16.3. The van der Waals surface area contributed by atoms with Crippen molar-refractivity contribution in [1.29, 1.82) is 0 Å². The van der Waals surface area contributed by atoms with Crippen LogP contribution in [0.4, 0.5) is 0 Å². The van der Waals surface area contributed by atoms with Crippen molar-refractivity contribution >= 4 is 11.8 Å². The zero-order valence-corrected chi connectivity index (χ0v) is 7.40. The predicted molar refractivity (Wildman–Crippen MR) is 45.6 cm³/mol. The summed E-state index contributed by atoms with van der Waals surface area (Å²) in [6.45, 7) is -0.0310. The van der Waals surface area contributed by atoms with Crippen LogP contribution in [0.3, 0.4) is 0 Å². The predicted octanol–water partition coefficient (Wildman–Crippen LogP) is -1.15. The zero-order chi connectivity index (χ0) is 9.84. The highest BCUT2D eigenvalue weighted by molar-refractivity contribution is 5.87. The van der Waals surface area contributed by atoms with Crippen LogP contribution in [0, 0.1) is 0 Å². The maximum atomic E-state index is 11.1. The Hall–Kier alpha value is -1.10. The van der Waals surface area contributed by atoms with E-state index in [9.17, 15) is 9.59 Å². The van der Waals surface area contributed by atoms with Crippen molar-refractivity contribution in [2.45, 2.75) is 25.3 Å². The van der Waals surface area contributed by atoms with Gasteiger partial charge in [-0.25, -0.2) is 0 Å². The molecule has 5 nitrogen and oxygen atoms in total. The van der Waals surface area contributed by atoms with Crippen molar-refractivity contribution in [3.8, 4) is 0 Å². The normalized spacial score (nSPS) is 22.8. The summed E-state index contributed by atoms with van der Waals surface area (Å²) < 4.78 is 0. The number of rotatable bonds is 2. The van der Waals surface area contributed by atoms with Crippen molar-refractivity contribution in [3.05, 3.63) is 0 Å². The number of aliphatic hydroxyl groups excluding tert-OH is 1. The van der Waals surface area contributed by atoms with Crippen molar-refractivity contribution < 1.29 is 14.7 Å². The monoisotopic (exact) mass is 186 g/mol. The van der Waals surface area contributed by atoms with Crippen molar-refractivity contribution in [3.63, 3.8) is 0 Å². The molecule has 1 heterocycles. The third-order valence-electron chi connectivity index (χ3n) is 2.29. The molecule has 0 radical (unpaired) electrons. The van der Waals surface area contributed by atoms with Crippen molar-refractivity contribution in [2.75, 3.05) is 13.2 Å². The van der Waals surface area contributed by atoms with Crippen LogP contribution in [0.15, 0.2) is 0 Å². The first-order chi connectivity index (χ1) is 6.16. The summed E-state index contributed by atoms with van der Waals surface area (Å²) in [7, 11) is 0. The SMILES string of the molecule is NC(=O)C1CCCCN1C(=O)CO. The van der Waals surface area contributed by atoms with Crippen LogP contribution < -0.4 is 5.73 Å². The molecule has 1 aliphatic heterocycles. The lowest BCUT2D eigenvalue weighted by molar-refractivity contribution is -0.143. The van der Waals surface area contributed by atoms with E-state index in [0.29, 0.717) is 13.0 Å². The van der Waals surface area contributed by atoms with E-state index in [1.54, 1.807) is 0 Å². The number of primary amides is 1. The lowest BCUT2D eigenvalue weighted by Gasteiger charge is -2.33. The molecule has 0 bridgehead atoms. The molecule has 1 fully saturated rings. The van der Waals surface area contributed by atoms with Gasteiger partial charge in [-0.05, 0) is 19.3 Å². The quantitative estimate of drug-likeness (QED) is 0.571. The van der Waals surface area contributed by atoms with Crippen LogP contribution in [0.1, 0.15) is 19.3 Å².